The van der Waals surface area contributed by atoms with Crippen molar-refractivity contribution in [1.29, 1.82) is 0 Å². The Kier molecular flexibility index (Phi) is 8.96. The summed E-state index contributed by atoms with van der Waals surface area (Å²) in [5.74, 6) is -3.80. The van der Waals surface area contributed by atoms with Crippen LogP contribution in [0.4, 0.5) is 20.5 Å². The Labute approximate surface area is 263 Å². The van der Waals surface area contributed by atoms with Gasteiger partial charge in [0.2, 0.25) is 5.95 Å². The largest absolute Gasteiger partial charge is 0.462 e. The van der Waals surface area contributed by atoms with Crippen LogP contribution in [-0.2, 0) is 23.4 Å². The fourth-order valence-electron chi connectivity index (χ4n) is 5.06. The van der Waals surface area contributed by atoms with E-state index in [0.29, 0.717) is 11.2 Å². The van der Waals surface area contributed by atoms with Crippen molar-refractivity contribution in [2.24, 2.45) is 0 Å². The van der Waals surface area contributed by atoms with Gasteiger partial charge in [-0.1, -0.05) is 36.4 Å². The normalized spacial score (nSPS) is 25.1. The number of halogens is 2. The number of nitrogen functional groups attached to an aromatic ring is 1. The lowest BCUT2D eigenvalue weighted by molar-refractivity contribution is -0.202. The van der Waals surface area contributed by atoms with Gasteiger partial charge >= 0.3 is 13.7 Å². The average molecular weight is 664 g/mol. The van der Waals surface area contributed by atoms with Crippen LogP contribution in [0.3, 0.4) is 0 Å². The molecular formula is C29H36F2N7O7P. The maximum Gasteiger partial charge on any atom is 0.459 e. The molecule has 4 aromatic rings. The van der Waals surface area contributed by atoms with E-state index in [2.05, 4.69) is 20.0 Å². The number of aliphatic hydroxyl groups is 1. The minimum atomic E-state index is -4.67. The molecule has 0 bridgehead atoms. The number of esters is 1. The number of hydrogen-bond donors (Lipinski definition) is 3. The fraction of sp³-hybridized carbons (Fsp3) is 0.448. The van der Waals surface area contributed by atoms with Gasteiger partial charge in [0.1, 0.15) is 18.4 Å². The summed E-state index contributed by atoms with van der Waals surface area (Å²) in [6.45, 7) is 4.27. The van der Waals surface area contributed by atoms with Gasteiger partial charge in [-0.05, 0) is 39.1 Å². The van der Waals surface area contributed by atoms with Gasteiger partial charge in [0.25, 0.3) is 5.85 Å². The Hall–Kier alpha value is -3.95. The highest BCUT2D eigenvalue weighted by Crippen LogP contribution is 2.52. The number of anilines is 2. The molecule has 0 saturated carbocycles. The van der Waals surface area contributed by atoms with E-state index in [1.165, 1.54) is 13.0 Å². The minimum absolute atomic E-state index is 0.0200. The van der Waals surface area contributed by atoms with E-state index < -0.39 is 56.3 Å². The van der Waals surface area contributed by atoms with Gasteiger partial charge in [0.15, 0.2) is 35.0 Å². The highest BCUT2D eigenvalue weighted by molar-refractivity contribution is 7.52. The number of nitrogens with zero attached hydrogens (tertiary/aromatic N) is 5. The van der Waals surface area contributed by atoms with Gasteiger partial charge in [0.05, 0.1) is 12.4 Å². The first-order chi connectivity index (χ1) is 21.5. The van der Waals surface area contributed by atoms with Gasteiger partial charge in [-0.3, -0.25) is 13.9 Å². The summed E-state index contributed by atoms with van der Waals surface area (Å²) in [7, 11) is -1.29. The summed E-state index contributed by atoms with van der Waals surface area (Å²) in [6.07, 6.45) is -3.60. The molecule has 1 fully saturated rings. The SMILES string of the molecule is CC(C)OC(=O)[C@H](C)NP(=O)(OC[C@@]1(F)O[C@@H](n2cnc3c(N(C)C)nc(N)nc32)[C@](C)(F)[C@@H]1O)Oc1cccc2ccccc12. The molecule has 1 unspecified atom stereocenters. The van der Waals surface area contributed by atoms with Crippen molar-refractivity contribution in [2.45, 2.75) is 63.7 Å². The highest BCUT2D eigenvalue weighted by Gasteiger charge is 2.65. The molecular weight excluding hydrogens is 627 g/mol. The van der Waals surface area contributed by atoms with Crippen LogP contribution >= 0.6 is 7.75 Å². The van der Waals surface area contributed by atoms with E-state index in [1.807, 2.05) is 0 Å². The van der Waals surface area contributed by atoms with Crippen molar-refractivity contribution < 1.29 is 41.8 Å². The number of nitrogens with one attached hydrogen (secondary N) is 1. The Morgan fingerprint density at radius 3 is 2.59 bits per heavy atom. The van der Waals surface area contributed by atoms with Crippen molar-refractivity contribution >= 4 is 47.4 Å². The van der Waals surface area contributed by atoms with Crippen molar-refractivity contribution in [3.8, 4) is 5.75 Å². The molecule has 2 aromatic heterocycles. The van der Waals surface area contributed by atoms with E-state index >= 15 is 8.78 Å². The lowest BCUT2D eigenvalue weighted by Gasteiger charge is -2.28. The second-order valence-corrected chi connectivity index (χ2v) is 13.3. The molecule has 2 aromatic carbocycles. The lowest BCUT2D eigenvalue weighted by atomic mass is 9.97. The van der Waals surface area contributed by atoms with Crippen molar-refractivity contribution in [3.63, 3.8) is 0 Å². The molecule has 46 heavy (non-hydrogen) atoms. The molecule has 17 heteroatoms. The lowest BCUT2D eigenvalue weighted by Crippen LogP contribution is -2.47. The number of fused-ring (bicyclic) bond motifs is 2. The number of imidazole rings is 1. The molecule has 4 N–H and O–H groups in total. The third-order valence-electron chi connectivity index (χ3n) is 7.29. The molecule has 248 valence electrons. The molecule has 1 aliphatic rings. The van der Waals surface area contributed by atoms with Crippen LogP contribution in [-0.4, -0.2) is 81.1 Å². The molecule has 0 radical (unpaired) electrons. The molecule has 0 spiro atoms. The molecule has 3 heterocycles. The zero-order valence-corrected chi connectivity index (χ0v) is 26.9. The Morgan fingerprint density at radius 1 is 1.20 bits per heavy atom. The van der Waals surface area contributed by atoms with Gasteiger partial charge < -0.3 is 29.7 Å². The first-order valence-electron chi connectivity index (χ1n) is 14.4. The van der Waals surface area contributed by atoms with E-state index in [1.54, 1.807) is 69.2 Å². The molecule has 0 aliphatic carbocycles. The number of carbonyl (C=O) groups is 1. The van der Waals surface area contributed by atoms with Crippen LogP contribution in [0.2, 0.25) is 0 Å². The van der Waals surface area contributed by atoms with Gasteiger partial charge in [-0.25, -0.2) is 18.3 Å². The van der Waals surface area contributed by atoms with Crippen LogP contribution in [0.1, 0.15) is 33.9 Å². The molecule has 5 rings (SSSR count). The first-order valence-corrected chi connectivity index (χ1v) is 15.9. The maximum atomic E-state index is 16.5. The summed E-state index contributed by atoms with van der Waals surface area (Å²) >= 11 is 0. The first kappa shape index (κ1) is 33.4. The number of carbonyl (C=O) groups excluding carboxylic acids is 1. The second kappa shape index (κ2) is 12.3. The minimum Gasteiger partial charge on any atom is -0.462 e. The molecule has 1 aliphatic heterocycles. The monoisotopic (exact) mass is 663 g/mol. The van der Waals surface area contributed by atoms with Crippen molar-refractivity contribution in [2.75, 3.05) is 31.3 Å². The zero-order chi connectivity index (χ0) is 33.6. The molecule has 1 saturated heterocycles. The Bertz CT molecular complexity index is 1800. The van der Waals surface area contributed by atoms with Crippen LogP contribution < -0.4 is 20.2 Å². The predicted octanol–water partition coefficient (Wildman–Crippen LogP) is 4.04. The van der Waals surface area contributed by atoms with Gasteiger partial charge in [0, 0.05) is 19.5 Å². The molecule has 0 amide bonds. The topological polar surface area (TPSA) is 176 Å². The third-order valence-corrected chi connectivity index (χ3v) is 8.90. The number of rotatable bonds is 11. The zero-order valence-electron chi connectivity index (χ0n) is 26.0. The summed E-state index contributed by atoms with van der Waals surface area (Å²) < 4.78 is 70.0. The van der Waals surface area contributed by atoms with Crippen molar-refractivity contribution in [1.82, 2.24) is 24.6 Å². The summed E-state index contributed by atoms with van der Waals surface area (Å²) in [6, 6.07) is 10.7. The van der Waals surface area contributed by atoms with Crippen LogP contribution in [0, 0.1) is 0 Å². The number of ether oxygens (including phenoxy) is 2. The number of aliphatic hydroxyl groups excluding tert-OH is 1. The Morgan fingerprint density at radius 2 is 1.89 bits per heavy atom. The maximum absolute atomic E-state index is 16.5. The van der Waals surface area contributed by atoms with E-state index in [-0.39, 0.29) is 22.9 Å². The summed E-state index contributed by atoms with van der Waals surface area (Å²) in [5.41, 5.74) is 3.32. The number of hydrogen-bond acceptors (Lipinski definition) is 12. The summed E-state index contributed by atoms with van der Waals surface area (Å²) in [5, 5.41) is 14.7. The van der Waals surface area contributed by atoms with Crippen LogP contribution in [0.5, 0.6) is 5.75 Å². The fourth-order valence-corrected chi connectivity index (χ4v) is 6.58. The quantitative estimate of drug-likeness (QED) is 0.155. The molecule has 14 nitrogen and oxygen atoms in total. The standard InChI is InChI=1S/C29H36F2N7O7P/c1-16(2)43-24(39)17(3)36-46(41,45-20-13-9-11-18-10-7-8-12-19(18)20)42-14-29(31)25(40)28(4,30)26(44-29)38-15-33-21-22(37(5)6)34-27(32)35-23(21)38/h7-13,15-17,25-26,40H,14H2,1-6H3,(H,36,41)(H2,32,34,35)/t17-,25-,26+,28+,29+,46?/m0/s1. The number of benzene rings is 2. The van der Waals surface area contributed by atoms with Gasteiger partial charge in [-0.15, -0.1) is 0 Å². The summed E-state index contributed by atoms with van der Waals surface area (Å²) in [4.78, 5) is 26.7. The van der Waals surface area contributed by atoms with Crippen molar-refractivity contribution in [3.05, 3.63) is 48.8 Å². The molecule has 6 atom stereocenters. The number of aromatic nitrogens is 4. The Balaban J connectivity index is 1.46. The number of alkyl halides is 2. The third kappa shape index (κ3) is 6.35. The van der Waals surface area contributed by atoms with Crippen LogP contribution in [0.25, 0.3) is 21.9 Å². The van der Waals surface area contributed by atoms with E-state index in [4.69, 9.17) is 24.3 Å². The van der Waals surface area contributed by atoms with E-state index in [9.17, 15) is 14.5 Å². The smallest absolute Gasteiger partial charge is 0.459 e. The van der Waals surface area contributed by atoms with Crippen LogP contribution in [0.15, 0.2) is 48.8 Å². The van der Waals surface area contributed by atoms with E-state index in [0.717, 1.165) is 23.2 Å². The predicted molar refractivity (Wildman–Crippen MR) is 166 cm³/mol. The average Bonchev–Trinajstić information content (AvgIpc) is 3.47. The number of nitrogens with two attached hydrogens (primary N) is 1. The van der Waals surface area contributed by atoms with Gasteiger partial charge in [-0.2, -0.15) is 15.1 Å². The second-order valence-electron chi connectivity index (χ2n) is 11.6. The highest BCUT2D eigenvalue weighted by atomic mass is 31.2.